The fraction of sp³-hybridized carbons (Fsp3) is 0.562. The minimum atomic E-state index is -0.577. The topological polar surface area (TPSA) is 59.0 Å². The van der Waals surface area contributed by atoms with Crippen LogP contribution in [0.2, 0.25) is 0 Å². The number of carbonyl (C=O) groups excluding carboxylic acids is 1. The largest absolute Gasteiger partial charge is 0.481 e. The number of amides is 1. The number of para-hydroxylation sites is 1. The molecular formula is C16H23NO4. The van der Waals surface area contributed by atoms with Crippen LogP contribution in [0.15, 0.2) is 24.3 Å². The van der Waals surface area contributed by atoms with Crippen molar-refractivity contribution in [2.24, 2.45) is 0 Å². The quantitative estimate of drug-likeness (QED) is 0.898. The number of hydrogen-bond acceptors (Lipinski definition) is 4. The van der Waals surface area contributed by atoms with Crippen LogP contribution in [0.3, 0.4) is 0 Å². The van der Waals surface area contributed by atoms with Gasteiger partial charge in [-0.05, 0) is 19.4 Å². The monoisotopic (exact) mass is 293 g/mol. The lowest BCUT2D eigenvalue weighted by molar-refractivity contribution is -0.142. The van der Waals surface area contributed by atoms with Crippen LogP contribution in [0, 0.1) is 0 Å². The fourth-order valence-corrected chi connectivity index (χ4v) is 2.36. The van der Waals surface area contributed by atoms with Gasteiger partial charge in [0.05, 0.1) is 19.3 Å². The Balaban J connectivity index is 2.05. The van der Waals surface area contributed by atoms with Crippen LogP contribution in [-0.4, -0.2) is 48.3 Å². The van der Waals surface area contributed by atoms with Gasteiger partial charge in [-0.2, -0.15) is 0 Å². The predicted octanol–water partition coefficient (Wildman–Crippen LogP) is 1.76. The molecule has 0 bridgehead atoms. The highest BCUT2D eigenvalue weighted by molar-refractivity contribution is 5.81. The van der Waals surface area contributed by atoms with Crippen molar-refractivity contribution in [3.8, 4) is 5.75 Å². The van der Waals surface area contributed by atoms with Gasteiger partial charge in [-0.15, -0.1) is 0 Å². The molecule has 5 heteroatoms. The zero-order chi connectivity index (χ0) is 15.2. The van der Waals surface area contributed by atoms with Crippen LogP contribution < -0.4 is 4.74 Å². The Morgan fingerprint density at radius 1 is 1.38 bits per heavy atom. The van der Waals surface area contributed by atoms with E-state index in [0.29, 0.717) is 38.5 Å². The number of carbonyl (C=O) groups is 1. The number of aliphatic hydroxyl groups is 1. The van der Waals surface area contributed by atoms with E-state index >= 15 is 0 Å². The second kappa shape index (κ2) is 7.43. The maximum Gasteiger partial charge on any atom is 0.263 e. The molecule has 2 rings (SSSR count). The van der Waals surface area contributed by atoms with Crippen LogP contribution in [0.5, 0.6) is 5.75 Å². The zero-order valence-electron chi connectivity index (χ0n) is 12.6. The Morgan fingerprint density at radius 2 is 2.05 bits per heavy atom. The van der Waals surface area contributed by atoms with E-state index in [9.17, 15) is 9.90 Å². The smallest absolute Gasteiger partial charge is 0.263 e. The number of benzene rings is 1. The summed E-state index contributed by atoms with van der Waals surface area (Å²) in [5, 5.41) is 10.0. The van der Waals surface area contributed by atoms with Gasteiger partial charge in [0.1, 0.15) is 5.75 Å². The molecule has 0 aromatic heterocycles. The van der Waals surface area contributed by atoms with Crippen molar-refractivity contribution in [1.29, 1.82) is 0 Å². The summed E-state index contributed by atoms with van der Waals surface area (Å²) in [6.45, 7) is 6.00. The molecule has 1 aliphatic rings. The molecular weight excluding hydrogens is 270 g/mol. The van der Waals surface area contributed by atoms with Gasteiger partial charge < -0.3 is 19.5 Å². The summed E-state index contributed by atoms with van der Waals surface area (Å²) in [4.78, 5) is 14.1. The van der Waals surface area contributed by atoms with E-state index in [-0.39, 0.29) is 5.91 Å². The summed E-state index contributed by atoms with van der Waals surface area (Å²) < 4.78 is 11.0. The van der Waals surface area contributed by atoms with Crippen molar-refractivity contribution in [2.75, 3.05) is 26.3 Å². The summed E-state index contributed by atoms with van der Waals surface area (Å²) in [7, 11) is 0. The number of ether oxygens (including phenoxy) is 2. The summed E-state index contributed by atoms with van der Waals surface area (Å²) in [6.07, 6.45) is -0.549. The molecule has 1 amide bonds. The lowest BCUT2D eigenvalue weighted by Crippen LogP contribution is -2.46. The van der Waals surface area contributed by atoms with E-state index in [1.165, 1.54) is 0 Å². The molecule has 0 saturated carbocycles. The Hall–Kier alpha value is -1.59. The molecule has 0 spiro atoms. The van der Waals surface area contributed by atoms with Gasteiger partial charge in [0, 0.05) is 18.7 Å². The molecule has 1 heterocycles. The first-order valence-corrected chi connectivity index (χ1v) is 7.43. The van der Waals surface area contributed by atoms with Gasteiger partial charge in [-0.3, -0.25) is 4.79 Å². The van der Waals surface area contributed by atoms with Crippen LogP contribution in [0.4, 0.5) is 0 Å². The fourth-order valence-electron chi connectivity index (χ4n) is 2.36. The zero-order valence-corrected chi connectivity index (χ0v) is 12.6. The predicted molar refractivity (Wildman–Crippen MR) is 79.2 cm³/mol. The van der Waals surface area contributed by atoms with Crippen molar-refractivity contribution in [1.82, 2.24) is 4.90 Å². The van der Waals surface area contributed by atoms with Crippen LogP contribution in [-0.2, 0) is 9.53 Å². The van der Waals surface area contributed by atoms with Gasteiger partial charge in [0.2, 0.25) is 0 Å². The summed E-state index contributed by atoms with van der Waals surface area (Å²) in [5.74, 6) is 0.528. The second-order valence-corrected chi connectivity index (χ2v) is 5.16. The maximum atomic E-state index is 12.3. The van der Waals surface area contributed by atoms with Gasteiger partial charge in [0.15, 0.2) is 6.10 Å². The van der Waals surface area contributed by atoms with Crippen molar-refractivity contribution in [3.05, 3.63) is 29.8 Å². The Bertz CT molecular complexity index is 471. The molecule has 1 aliphatic heterocycles. The molecule has 0 radical (unpaired) electrons. The van der Waals surface area contributed by atoms with Crippen molar-refractivity contribution in [3.63, 3.8) is 0 Å². The van der Waals surface area contributed by atoms with E-state index in [1.807, 2.05) is 25.1 Å². The third-order valence-electron chi connectivity index (χ3n) is 3.64. The molecule has 0 aliphatic carbocycles. The average Bonchev–Trinajstić information content (AvgIpc) is 2.54. The Morgan fingerprint density at radius 3 is 2.71 bits per heavy atom. The first kappa shape index (κ1) is 15.8. The molecule has 116 valence electrons. The lowest BCUT2D eigenvalue weighted by Gasteiger charge is -2.29. The van der Waals surface area contributed by atoms with Gasteiger partial charge in [0.25, 0.3) is 5.91 Å². The molecule has 2 atom stereocenters. The number of nitrogens with zero attached hydrogens (tertiary/aromatic N) is 1. The molecule has 5 nitrogen and oxygen atoms in total. The normalized spacial score (nSPS) is 18.1. The summed E-state index contributed by atoms with van der Waals surface area (Å²) >= 11 is 0. The van der Waals surface area contributed by atoms with Crippen LogP contribution >= 0.6 is 0 Å². The number of morpholine rings is 1. The highest BCUT2D eigenvalue weighted by Gasteiger charge is 2.24. The first-order chi connectivity index (χ1) is 10.1. The van der Waals surface area contributed by atoms with Crippen molar-refractivity contribution >= 4 is 5.91 Å². The molecule has 1 aromatic carbocycles. The minimum absolute atomic E-state index is 0.0425. The maximum absolute atomic E-state index is 12.3. The van der Waals surface area contributed by atoms with Gasteiger partial charge in [-0.25, -0.2) is 0 Å². The Labute approximate surface area is 125 Å². The minimum Gasteiger partial charge on any atom is -0.481 e. The molecule has 1 aromatic rings. The van der Waals surface area contributed by atoms with Crippen molar-refractivity contribution < 1.29 is 19.4 Å². The number of aliphatic hydroxyl groups excluding tert-OH is 1. The first-order valence-electron chi connectivity index (χ1n) is 7.43. The van der Waals surface area contributed by atoms with Crippen LogP contribution in [0.25, 0.3) is 0 Å². The molecule has 1 N–H and O–H groups in total. The number of rotatable bonds is 5. The highest BCUT2D eigenvalue weighted by atomic mass is 16.5. The van der Waals surface area contributed by atoms with Crippen LogP contribution in [0.1, 0.15) is 31.9 Å². The summed E-state index contributed by atoms with van der Waals surface area (Å²) in [6, 6.07) is 7.31. The van der Waals surface area contributed by atoms with Gasteiger partial charge in [-0.1, -0.05) is 25.1 Å². The van der Waals surface area contributed by atoms with E-state index in [1.54, 1.807) is 17.9 Å². The molecule has 1 unspecified atom stereocenters. The average molecular weight is 293 g/mol. The highest BCUT2D eigenvalue weighted by Crippen LogP contribution is 2.27. The number of hydrogen-bond donors (Lipinski definition) is 1. The summed E-state index contributed by atoms with van der Waals surface area (Å²) in [5.41, 5.74) is 0.724. The van der Waals surface area contributed by atoms with E-state index in [0.717, 1.165) is 5.56 Å². The van der Waals surface area contributed by atoms with E-state index < -0.39 is 12.2 Å². The van der Waals surface area contributed by atoms with Crippen molar-refractivity contribution in [2.45, 2.75) is 32.5 Å². The third-order valence-corrected chi connectivity index (χ3v) is 3.64. The molecule has 1 saturated heterocycles. The Kier molecular flexibility index (Phi) is 5.59. The van der Waals surface area contributed by atoms with E-state index in [4.69, 9.17) is 9.47 Å². The SMILES string of the molecule is CC[C@@H](O)c1ccccc1OC(C)C(=O)N1CCOCC1. The lowest BCUT2D eigenvalue weighted by atomic mass is 10.1. The molecule has 21 heavy (non-hydrogen) atoms. The molecule has 1 fully saturated rings. The standard InChI is InChI=1S/C16H23NO4/c1-3-14(18)13-6-4-5-7-15(13)21-12(2)16(19)17-8-10-20-11-9-17/h4-7,12,14,18H,3,8-11H2,1-2H3/t12?,14-/m1/s1. The third kappa shape index (κ3) is 3.95. The second-order valence-electron chi connectivity index (χ2n) is 5.16. The van der Waals surface area contributed by atoms with Gasteiger partial charge >= 0.3 is 0 Å². The van der Waals surface area contributed by atoms with E-state index in [2.05, 4.69) is 0 Å².